The summed E-state index contributed by atoms with van der Waals surface area (Å²) in [5.74, 6) is -0.916. The number of aryl methyl sites for hydroxylation is 1. The van der Waals surface area contributed by atoms with Gasteiger partial charge in [0, 0.05) is 5.69 Å². The number of carboxylic acids is 1. The minimum Gasteiger partial charge on any atom is -0.480 e. The van der Waals surface area contributed by atoms with E-state index in [2.05, 4.69) is 5.10 Å². The molecule has 1 N–H and O–H groups in total. The van der Waals surface area contributed by atoms with Crippen LogP contribution in [0.1, 0.15) is 42.0 Å². The number of hydrogen-bond donors (Lipinski definition) is 1. The smallest absolute Gasteiger partial charge is 0.328 e. The van der Waals surface area contributed by atoms with Crippen LogP contribution in [-0.4, -0.2) is 27.1 Å². The van der Waals surface area contributed by atoms with E-state index in [-0.39, 0.29) is 5.69 Å². The lowest BCUT2D eigenvalue weighted by molar-refractivity contribution is -0.141. The van der Waals surface area contributed by atoms with Crippen molar-refractivity contribution in [1.29, 1.82) is 0 Å². The van der Waals surface area contributed by atoms with E-state index in [0.29, 0.717) is 18.4 Å². The second-order valence-corrected chi connectivity index (χ2v) is 3.42. The zero-order valence-corrected chi connectivity index (χ0v) is 8.80. The quantitative estimate of drug-likeness (QED) is 0.746. The largest absolute Gasteiger partial charge is 0.480 e. The maximum absolute atomic E-state index is 11.0. The van der Waals surface area contributed by atoms with Crippen molar-refractivity contribution in [3.05, 3.63) is 17.5 Å². The highest BCUT2D eigenvalue weighted by Gasteiger charge is 2.21. The highest BCUT2D eigenvalue weighted by Crippen LogP contribution is 2.16. The summed E-state index contributed by atoms with van der Waals surface area (Å²) in [6, 6.07) is 0.905. The molecule has 82 valence electrons. The molecule has 0 amide bonds. The van der Waals surface area contributed by atoms with Crippen LogP contribution in [0.3, 0.4) is 0 Å². The molecule has 0 aliphatic carbocycles. The van der Waals surface area contributed by atoms with Gasteiger partial charge in [-0.3, -0.25) is 9.48 Å². The van der Waals surface area contributed by atoms with Crippen LogP contribution in [0.5, 0.6) is 0 Å². The first-order chi connectivity index (χ1) is 7.10. The Morgan fingerprint density at radius 3 is 2.80 bits per heavy atom. The molecule has 5 nitrogen and oxygen atoms in total. The molecule has 1 unspecified atom stereocenters. The maximum atomic E-state index is 11.0. The van der Waals surface area contributed by atoms with Crippen molar-refractivity contribution in [3.8, 4) is 0 Å². The summed E-state index contributed by atoms with van der Waals surface area (Å²) in [5.41, 5.74) is 0.966. The fourth-order valence-corrected chi connectivity index (χ4v) is 1.51. The summed E-state index contributed by atoms with van der Waals surface area (Å²) in [4.78, 5) is 21.5. The van der Waals surface area contributed by atoms with Crippen molar-refractivity contribution in [1.82, 2.24) is 9.78 Å². The van der Waals surface area contributed by atoms with E-state index in [1.807, 2.05) is 6.92 Å². The predicted molar refractivity (Wildman–Crippen MR) is 53.9 cm³/mol. The van der Waals surface area contributed by atoms with Gasteiger partial charge in [0.1, 0.15) is 11.7 Å². The van der Waals surface area contributed by atoms with Gasteiger partial charge < -0.3 is 5.11 Å². The molecule has 1 aromatic heterocycles. The molecule has 0 radical (unpaired) electrons. The van der Waals surface area contributed by atoms with Crippen molar-refractivity contribution in [3.63, 3.8) is 0 Å². The van der Waals surface area contributed by atoms with Gasteiger partial charge in [-0.2, -0.15) is 5.10 Å². The SMILES string of the molecule is CCCC(C(=O)O)n1nc(C=O)cc1C. The molecule has 15 heavy (non-hydrogen) atoms. The van der Waals surface area contributed by atoms with Crippen molar-refractivity contribution in [2.45, 2.75) is 32.7 Å². The van der Waals surface area contributed by atoms with Crippen molar-refractivity contribution < 1.29 is 14.7 Å². The summed E-state index contributed by atoms with van der Waals surface area (Å²) in [5, 5.41) is 13.0. The highest BCUT2D eigenvalue weighted by atomic mass is 16.4. The number of rotatable bonds is 5. The molecule has 0 aliphatic heterocycles. The third kappa shape index (κ3) is 2.43. The zero-order chi connectivity index (χ0) is 11.4. The number of hydrogen-bond acceptors (Lipinski definition) is 3. The van der Waals surface area contributed by atoms with Gasteiger partial charge in [-0.15, -0.1) is 0 Å². The van der Waals surface area contributed by atoms with Crippen LogP contribution in [0.15, 0.2) is 6.07 Å². The molecule has 0 saturated carbocycles. The molecule has 1 rings (SSSR count). The van der Waals surface area contributed by atoms with Crippen molar-refractivity contribution in [2.75, 3.05) is 0 Å². The summed E-state index contributed by atoms with van der Waals surface area (Å²) in [6.45, 7) is 3.65. The molecular weight excluding hydrogens is 196 g/mol. The Kier molecular flexibility index (Phi) is 3.60. The molecule has 1 heterocycles. The zero-order valence-electron chi connectivity index (χ0n) is 8.80. The van der Waals surface area contributed by atoms with Crippen LogP contribution in [0.2, 0.25) is 0 Å². The average molecular weight is 210 g/mol. The first-order valence-corrected chi connectivity index (χ1v) is 4.84. The van der Waals surface area contributed by atoms with Gasteiger partial charge in [0.05, 0.1) is 0 Å². The number of aliphatic carboxylic acids is 1. The minimum atomic E-state index is -0.916. The standard InChI is InChI=1S/C10H14N2O3/c1-3-4-9(10(14)15)12-7(2)5-8(6-13)11-12/h5-6,9H,3-4H2,1-2H3,(H,14,15). The Bertz CT molecular complexity index is 371. The Hall–Kier alpha value is -1.65. The van der Waals surface area contributed by atoms with Gasteiger partial charge in [0.25, 0.3) is 0 Å². The van der Waals surface area contributed by atoms with E-state index in [4.69, 9.17) is 5.11 Å². The van der Waals surface area contributed by atoms with E-state index in [1.54, 1.807) is 13.0 Å². The van der Waals surface area contributed by atoms with Gasteiger partial charge in [0.15, 0.2) is 6.29 Å². The molecule has 0 aliphatic rings. The number of nitrogens with zero attached hydrogens (tertiary/aromatic N) is 2. The lowest BCUT2D eigenvalue weighted by Gasteiger charge is -2.13. The molecular formula is C10H14N2O3. The van der Waals surface area contributed by atoms with Crippen LogP contribution < -0.4 is 0 Å². The van der Waals surface area contributed by atoms with Crippen molar-refractivity contribution in [2.24, 2.45) is 0 Å². The van der Waals surface area contributed by atoms with Gasteiger partial charge in [0.2, 0.25) is 0 Å². The van der Waals surface area contributed by atoms with Gasteiger partial charge >= 0.3 is 5.97 Å². The number of carbonyl (C=O) groups excluding carboxylic acids is 1. The molecule has 1 aromatic rings. The normalized spacial score (nSPS) is 12.4. The fraction of sp³-hybridized carbons (Fsp3) is 0.500. The average Bonchev–Trinajstić information content (AvgIpc) is 2.55. The van der Waals surface area contributed by atoms with E-state index in [1.165, 1.54) is 4.68 Å². The van der Waals surface area contributed by atoms with Crippen molar-refractivity contribution >= 4 is 12.3 Å². The lowest BCUT2D eigenvalue weighted by atomic mass is 10.1. The molecule has 0 saturated heterocycles. The first kappa shape index (κ1) is 11.4. The number of aldehydes is 1. The molecule has 0 spiro atoms. The van der Waals surface area contributed by atoms with Gasteiger partial charge in [-0.25, -0.2) is 4.79 Å². The van der Waals surface area contributed by atoms with Gasteiger partial charge in [-0.05, 0) is 19.4 Å². The summed E-state index contributed by atoms with van der Waals surface area (Å²) < 4.78 is 1.40. The maximum Gasteiger partial charge on any atom is 0.328 e. The Balaban J connectivity index is 3.04. The van der Waals surface area contributed by atoms with Crippen LogP contribution >= 0.6 is 0 Å². The Morgan fingerprint density at radius 1 is 1.73 bits per heavy atom. The molecule has 1 atom stereocenters. The number of aromatic nitrogens is 2. The van der Waals surface area contributed by atoms with Crippen LogP contribution in [0.4, 0.5) is 0 Å². The lowest BCUT2D eigenvalue weighted by Crippen LogP contribution is -2.21. The fourth-order valence-electron chi connectivity index (χ4n) is 1.51. The summed E-state index contributed by atoms with van der Waals surface area (Å²) in [7, 11) is 0. The van der Waals surface area contributed by atoms with Crippen LogP contribution in [0.25, 0.3) is 0 Å². The third-order valence-corrected chi connectivity index (χ3v) is 2.20. The van der Waals surface area contributed by atoms with E-state index < -0.39 is 12.0 Å². The second kappa shape index (κ2) is 4.72. The first-order valence-electron chi connectivity index (χ1n) is 4.84. The summed E-state index contributed by atoms with van der Waals surface area (Å²) >= 11 is 0. The molecule has 0 fully saturated rings. The molecule has 0 aromatic carbocycles. The molecule has 0 bridgehead atoms. The highest BCUT2D eigenvalue weighted by molar-refractivity contribution is 5.74. The third-order valence-electron chi connectivity index (χ3n) is 2.20. The Labute approximate surface area is 87.7 Å². The van der Waals surface area contributed by atoms with E-state index in [0.717, 1.165) is 6.42 Å². The topological polar surface area (TPSA) is 72.2 Å². The predicted octanol–water partition coefficient (Wildman–Crippen LogP) is 1.43. The van der Waals surface area contributed by atoms with Gasteiger partial charge in [-0.1, -0.05) is 13.3 Å². The summed E-state index contributed by atoms with van der Waals surface area (Å²) in [6.07, 6.45) is 1.89. The van der Waals surface area contributed by atoms with E-state index in [9.17, 15) is 9.59 Å². The number of carbonyl (C=O) groups is 2. The van der Waals surface area contributed by atoms with Crippen LogP contribution in [0, 0.1) is 6.92 Å². The Morgan fingerprint density at radius 2 is 2.40 bits per heavy atom. The van der Waals surface area contributed by atoms with E-state index >= 15 is 0 Å². The monoisotopic (exact) mass is 210 g/mol. The number of carboxylic acid groups (broad SMARTS) is 1. The minimum absolute atomic E-state index is 0.273. The molecule has 5 heteroatoms. The van der Waals surface area contributed by atoms with Crippen LogP contribution in [-0.2, 0) is 4.79 Å². The second-order valence-electron chi connectivity index (χ2n) is 3.42.